The smallest absolute Gasteiger partial charge is 0.124 e. The highest BCUT2D eigenvalue weighted by Gasteiger charge is 2.08. The van der Waals surface area contributed by atoms with Crippen molar-refractivity contribution in [2.45, 2.75) is 33.4 Å². The largest absolute Gasteiger partial charge is 0.496 e. The van der Waals surface area contributed by atoms with Crippen molar-refractivity contribution in [3.8, 4) is 16.9 Å². The Balaban J connectivity index is 2.38. The van der Waals surface area contributed by atoms with Gasteiger partial charge in [0.25, 0.3) is 0 Å². The Morgan fingerprint density at radius 3 is 2.48 bits per heavy atom. The predicted molar refractivity (Wildman–Crippen MR) is 85.1 cm³/mol. The molecule has 0 saturated heterocycles. The summed E-state index contributed by atoms with van der Waals surface area (Å²) in [4.78, 5) is 0. The minimum absolute atomic E-state index is 0.206. The van der Waals surface area contributed by atoms with Crippen molar-refractivity contribution in [3.63, 3.8) is 0 Å². The van der Waals surface area contributed by atoms with Gasteiger partial charge in [0.2, 0.25) is 0 Å². The third-order valence-corrected chi connectivity index (χ3v) is 3.36. The molecule has 0 heterocycles. The second kappa shape index (κ2) is 6.72. The molecule has 0 atom stereocenters. The van der Waals surface area contributed by atoms with Crippen LogP contribution >= 0.6 is 0 Å². The van der Waals surface area contributed by atoms with Crippen LogP contribution < -0.4 is 10.1 Å². The molecule has 0 amide bonds. The Bertz CT molecular complexity index is 602. The van der Waals surface area contributed by atoms with E-state index in [0.717, 1.165) is 34.5 Å². The average molecular weight is 287 g/mol. The molecule has 0 saturated carbocycles. The Kier molecular flexibility index (Phi) is 4.97. The Hall–Kier alpha value is -1.87. The van der Waals surface area contributed by atoms with E-state index in [9.17, 15) is 4.39 Å². The van der Waals surface area contributed by atoms with Crippen LogP contribution in [0, 0.1) is 12.7 Å². The van der Waals surface area contributed by atoms with Crippen LogP contribution in [0.5, 0.6) is 5.75 Å². The van der Waals surface area contributed by atoms with Crippen LogP contribution in [0.15, 0.2) is 36.4 Å². The summed E-state index contributed by atoms with van der Waals surface area (Å²) in [5.41, 5.74) is 3.88. The first-order chi connectivity index (χ1) is 9.99. The molecule has 0 aliphatic heterocycles. The van der Waals surface area contributed by atoms with E-state index in [-0.39, 0.29) is 5.82 Å². The van der Waals surface area contributed by atoms with Crippen LogP contribution in [0.1, 0.15) is 25.0 Å². The first-order valence-electron chi connectivity index (χ1n) is 7.17. The summed E-state index contributed by atoms with van der Waals surface area (Å²) in [6.07, 6.45) is 0. The molecule has 3 heteroatoms. The molecule has 0 aromatic heterocycles. The molecular weight excluding hydrogens is 265 g/mol. The summed E-state index contributed by atoms with van der Waals surface area (Å²) in [6.45, 7) is 6.83. The van der Waals surface area contributed by atoms with E-state index >= 15 is 0 Å². The zero-order valence-corrected chi connectivity index (χ0v) is 13.0. The minimum atomic E-state index is -0.206. The Morgan fingerprint density at radius 1 is 1.10 bits per heavy atom. The molecule has 21 heavy (non-hydrogen) atoms. The fourth-order valence-electron chi connectivity index (χ4n) is 2.31. The van der Waals surface area contributed by atoms with Gasteiger partial charge in [0, 0.05) is 18.2 Å². The molecule has 0 fully saturated rings. The summed E-state index contributed by atoms with van der Waals surface area (Å²) in [5.74, 6) is 0.641. The van der Waals surface area contributed by atoms with Gasteiger partial charge in [0.1, 0.15) is 11.6 Å². The fourth-order valence-corrected chi connectivity index (χ4v) is 2.31. The van der Waals surface area contributed by atoms with Crippen LogP contribution in [0.25, 0.3) is 11.1 Å². The van der Waals surface area contributed by atoms with E-state index in [4.69, 9.17) is 4.74 Å². The summed E-state index contributed by atoms with van der Waals surface area (Å²) in [6, 6.07) is 11.4. The van der Waals surface area contributed by atoms with Crippen molar-refractivity contribution < 1.29 is 9.13 Å². The number of hydrogen-bond acceptors (Lipinski definition) is 2. The summed E-state index contributed by atoms with van der Waals surface area (Å²) < 4.78 is 19.0. The van der Waals surface area contributed by atoms with E-state index in [1.807, 2.05) is 25.1 Å². The first-order valence-corrected chi connectivity index (χ1v) is 7.17. The zero-order chi connectivity index (χ0) is 15.4. The number of rotatable bonds is 5. The third kappa shape index (κ3) is 4.05. The molecule has 2 nitrogen and oxygen atoms in total. The molecule has 2 aromatic rings. The van der Waals surface area contributed by atoms with Crippen molar-refractivity contribution in [3.05, 3.63) is 53.3 Å². The molecular formula is C18H22FNO. The number of nitrogens with one attached hydrogen (secondary N) is 1. The lowest BCUT2D eigenvalue weighted by molar-refractivity contribution is 0.406. The molecule has 0 aliphatic carbocycles. The second-order valence-corrected chi connectivity index (χ2v) is 5.58. The Morgan fingerprint density at radius 2 is 1.86 bits per heavy atom. The van der Waals surface area contributed by atoms with E-state index in [0.29, 0.717) is 6.04 Å². The summed E-state index contributed by atoms with van der Waals surface area (Å²) in [7, 11) is 1.67. The predicted octanol–water partition coefficient (Wildman–Crippen LogP) is 4.31. The van der Waals surface area contributed by atoms with Crippen LogP contribution in [0.4, 0.5) is 4.39 Å². The second-order valence-electron chi connectivity index (χ2n) is 5.58. The minimum Gasteiger partial charge on any atom is -0.496 e. The highest BCUT2D eigenvalue weighted by Crippen LogP contribution is 2.28. The summed E-state index contributed by atoms with van der Waals surface area (Å²) >= 11 is 0. The molecule has 0 bridgehead atoms. The number of ether oxygens (including phenoxy) is 1. The zero-order valence-electron chi connectivity index (χ0n) is 13.0. The van der Waals surface area contributed by atoms with Gasteiger partial charge in [-0.1, -0.05) is 26.0 Å². The molecule has 112 valence electrons. The van der Waals surface area contributed by atoms with Gasteiger partial charge in [0.05, 0.1) is 7.11 Å². The van der Waals surface area contributed by atoms with Crippen LogP contribution in [-0.4, -0.2) is 13.2 Å². The van der Waals surface area contributed by atoms with Gasteiger partial charge in [-0.25, -0.2) is 4.39 Å². The number of methoxy groups -OCH3 is 1. The SMILES string of the molecule is COc1ccc(-c2cc(C)cc(F)c2)cc1CNC(C)C. The van der Waals surface area contributed by atoms with Gasteiger partial charge in [-0.2, -0.15) is 0 Å². The first kappa shape index (κ1) is 15.5. The quantitative estimate of drug-likeness (QED) is 0.885. The topological polar surface area (TPSA) is 21.3 Å². The van der Waals surface area contributed by atoms with Crippen LogP contribution in [0.3, 0.4) is 0 Å². The highest BCUT2D eigenvalue weighted by atomic mass is 19.1. The lowest BCUT2D eigenvalue weighted by atomic mass is 10.0. The van der Waals surface area contributed by atoms with Gasteiger partial charge in [-0.3, -0.25) is 0 Å². The van der Waals surface area contributed by atoms with Crippen molar-refractivity contribution >= 4 is 0 Å². The number of halogens is 1. The maximum absolute atomic E-state index is 13.6. The van der Waals surface area contributed by atoms with Crippen LogP contribution in [-0.2, 0) is 6.54 Å². The van der Waals surface area contributed by atoms with Gasteiger partial charge in [0.15, 0.2) is 0 Å². The number of hydrogen-bond donors (Lipinski definition) is 1. The molecule has 0 unspecified atom stereocenters. The maximum Gasteiger partial charge on any atom is 0.124 e. The number of aryl methyl sites for hydroxylation is 1. The van der Waals surface area contributed by atoms with E-state index in [2.05, 4.69) is 25.2 Å². The van der Waals surface area contributed by atoms with Crippen molar-refractivity contribution in [1.82, 2.24) is 5.32 Å². The number of benzene rings is 2. The van der Waals surface area contributed by atoms with Crippen molar-refractivity contribution in [1.29, 1.82) is 0 Å². The summed E-state index contributed by atoms with van der Waals surface area (Å²) in [5, 5.41) is 3.38. The van der Waals surface area contributed by atoms with Crippen molar-refractivity contribution in [2.24, 2.45) is 0 Å². The van der Waals surface area contributed by atoms with Gasteiger partial charge >= 0.3 is 0 Å². The molecule has 0 radical (unpaired) electrons. The molecule has 0 aliphatic rings. The van der Waals surface area contributed by atoms with Crippen molar-refractivity contribution in [2.75, 3.05) is 7.11 Å². The van der Waals surface area contributed by atoms with E-state index in [1.165, 1.54) is 6.07 Å². The van der Waals surface area contributed by atoms with Gasteiger partial charge in [-0.05, 0) is 47.9 Å². The molecule has 1 N–H and O–H groups in total. The molecule has 0 spiro atoms. The lowest BCUT2D eigenvalue weighted by Crippen LogP contribution is -2.22. The maximum atomic E-state index is 13.6. The molecule has 2 aromatic carbocycles. The van der Waals surface area contributed by atoms with Crippen LogP contribution in [0.2, 0.25) is 0 Å². The monoisotopic (exact) mass is 287 g/mol. The van der Waals surface area contributed by atoms with E-state index < -0.39 is 0 Å². The Labute approximate surface area is 126 Å². The van der Waals surface area contributed by atoms with E-state index in [1.54, 1.807) is 13.2 Å². The lowest BCUT2D eigenvalue weighted by Gasteiger charge is -2.14. The third-order valence-electron chi connectivity index (χ3n) is 3.36. The normalized spacial score (nSPS) is 11.0. The van der Waals surface area contributed by atoms with Gasteiger partial charge in [-0.15, -0.1) is 0 Å². The average Bonchev–Trinajstić information content (AvgIpc) is 2.43. The fraction of sp³-hybridized carbons (Fsp3) is 0.333. The van der Waals surface area contributed by atoms with Gasteiger partial charge < -0.3 is 10.1 Å². The molecule has 2 rings (SSSR count). The standard InChI is InChI=1S/C18H22FNO/c1-12(2)20-11-16-9-14(5-6-18(16)21-4)15-7-13(3)8-17(19)10-15/h5-10,12,20H,11H2,1-4H3. The highest BCUT2D eigenvalue weighted by molar-refractivity contribution is 5.66.